The van der Waals surface area contributed by atoms with Gasteiger partial charge in [0.25, 0.3) is 0 Å². The molecular formula is C22H40Cl2N2O3. The van der Waals surface area contributed by atoms with Gasteiger partial charge in [-0.15, -0.1) is 24.8 Å². The van der Waals surface area contributed by atoms with Crippen molar-refractivity contribution in [3.63, 3.8) is 0 Å². The van der Waals surface area contributed by atoms with Crippen LogP contribution in [0.4, 0.5) is 0 Å². The van der Waals surface area contributed by atoms with Crippen LogP contribution >= 0.6 is 24.8 Å². The zero-order valence-electron chi connectivity index (χ0n) is 18.7. The molecule has 5 nitrogen and oxygen atoms in total. The molecule has 1 aliphatic rings. The summed E-state index contributed by atoms with van der Waals surface area (Å²) in [6, 6.07) is 10.6. The van der Waals surface area contributed by atoms with Crippen molar-refractivity contribution in [1.82, 2.24) is 9.80 Å². The van der Waals surface area contributed by atoms with Crippen LogP contribution in [0.25, 0.3) is 0 Å². The number of carboxylic acids is 1. The maximum atomic E-state index is 11.7. The van der Waals surface area contributed by atoms with Crippen LogP contribution in [0.2, 0.25) is 0 Å². The van der Waals surface area contributed by atoms with Gasteiger partial charge in [0.1, 0.15) is 0 Å². The fourth-order valence-electron chi connectivity index (χ4n) is 3.97. The van der Waals surface area contributed by atoms with Crippen molar-refractivity contribution in [3.8, 4) is 0 Å². The molecule has 170 valence electrons. The molecule has 3 atom stereocenters. The number of aliphatic carboxylic acids is 1. The lowest BCUT2D eigenvalue weighted by atomic mass is 9.63. The van der Waals surface area contributed by atoms with Crippen molar-refractivity contribution in [2.75, 3.05) is 33.2 Å². The van der Waals surface area contributed by atoms with Gasteiger partial charge in [0.05, 0.1) is 5.60 Å². The molecular weight excluding hydrogens is 411 g/mol. The normalized spacial score (nSPS) is 26.6. The summed E-state index contributed by atoms with van der Waals surface area (Å²) in [7, 11) is 2.18. The first-order valence-electron chi connectivity index (χ1n) is 10.1. The van der Waals surface area contributed by atoms with E-state index in [0.717, 1.165) is 38.2 Å². The molecule has 29 heavy (non-hydrogen) atoms. The van der Waals surface area contributed by atoms with Gasteiger partial charge in [-0.05, 0) is 39.0 Å². The van der Waals surface area contributed by atoms with Gasteiger partial charge in [-0.2, -0.15) is 0 Å². The van der Waals surface area contributed by atoms with Gasteiger partial charge in [0.15, 0.2) is 0 Å². The highest BCUT2D eigenvalue weighted by Gasteiger charge is 2.53. The number of benzene rings is 1. The second-order valence-corrected chi connectivity index (χ2v) is 7.96. The molecule has 0 aliphatic carbocycles. The third kappa shape index (κ3) is 7.72. The Hall–Kier alpha value is -0.850. The first kappa shape index (κ1) is 30.3. The van der Waals surface area contributed by atoms with Crippen molar-refractivity contribution >= 4 is 30.8 Å². The summed E-state index contributed by atoms with van der Waals surface area (Å²) in [5.41, 5.74) is 0.106. The first-order valence-corrected chi connectivity index (χ1v) is 10.1. The van der Waals surface area contributed by atoms with Crippen molar-refractivity contribution in [1.29, 1.82) is 0 Å². The highest BCUT2D eigenvalue weighted by Crippen LogP contribution is 2.48. The summed E-state index contributed by atoms with van der Waals surface area (Å²) in [4.78, 5) is 14.2. The summed E-state index contributed by atoms with van der Waals surface area (Å²) in [5, 5.41) is 19.5. The molecule has 1 fully saturated rings. The van der Waals surface area contributed by atoms with Gasteiger partial charge in [-0.1, -0.05) is 58.0 Å². The van der Waals surface area contributed by atoms with Crippen LogP contribution in [0.1, 0.15) is 53.0 Å². The highest BCUT2D eigenvalue weighted by molar-refractivity contribution is 5.85. The summed E-state index contributed by atoms with van der Waals surface area (Å²) in [6.07, 6.45) is 1.01. The molecule has 1 saturated heterocycles. The van der Waals surface area contributed by atoms with Crippen LogP contribution in [0.5, 0.6) is 0 Å². The van der Waals surface area contributed by atoms with Gasteiger partial charge >= 0.3 is 5.97 Å². The number of nitrogens with zero attached hydrogens (tertiary/aromatic N) is 2. The number of hydrogen-bond acceptors (Lipinski definition) is 4. The standard InChI is InChI=1S/C19H32N2O.C3H6O2.2ClH/c1-6-21(7-2)15-18(4)14-20(5)16(3)13-19(18,22)17-11-9-8-10-12-17;1-2-3(4)5;;/h8-12,16,22H,6-7,13-15H2,1-5H3;2H2,1H3,(H,4,5);2*1H. The molecule has 1 aliphatic heterocycles. The molecule has 2 rings (SSSR count). The van der Waals surface area contributed by atoms with E-state index in [1.165, 1.54) is 0 Å². The van der Waals surface area contributed by atoms with Gasteiger partial charge in [0, 0.05) is 31.0 Å². The van der Waals surface area contributed by atoms with Crippen LogP contribution in [-0.2, 0) is 10.4 Å². The lowest BCUT2D eigenvalue weighted by molar-refractivity contribution is -0.154. The molecule has 0 bridgehead atoms. The predicted molar refractivity (Wildman–Crippen MR) is 125 cm³/mol. The number of carboxylic acid groups (broad SMARTS) is 1. The average molecular weight is 451 g/mol. The minimum absolute atomic E-state index is 0. The number of hydrogen-bond donors (Lipinski definition) is 2. The maximum absolute atomic E-state index is 11.7. The maximum Gasteiger partial charge on any atom is 0.303 e. The number of carbonyl (C=O) groups is 1. The van der Waals surface area contributed by atoms with E-state index in [4.69, 9.17) is 5.11 Å². The Morgan fingerprint density at radius 1 is 1.17 bits per heavy atom. The first-order chi connectivity index (χ1) is 12.6. The molecule has 2 N–H and O–H groups in total. The zero-order valence-corrected chi connectivity index (χ0v) is 20.4. The lowest BCUT2D eigenvalue weighted by Gasteiger charge is -2.55. The lowest BCUT2D eigenvalue weighted by Crippen LogP contribution is -2.62. The van der Waals surface area contributed by atoms with Gasteiger partial charge in [0.2, 0.25) is 0 Å². The van der Waals surface area contributed by atoms with E-state index >= 15 is 0 Å². The third-order valence-corrected chi connectivity index (χ3v) is 5.96. The third-order valence-electron chi connectivity index (χ3n) is 5.96. The fourth-order valence-corrected chi connectivity index (χ4v) is 3.97. The number of halogens is 2. The minimum atomic E-state index is -0.775. The zero-order chi connectivity index (χ0) is 20.7. The molecule has 1 heterocycles. The molecule has 7 heteroatoms. The Kier molecular flexibility index (Phi) is 14.1. The Bertz CT molecular complexity index is 587. The Morgan fingerprint density at radius 2 is 1.66 bits per heavy atom. The van der Waals surface area contributed by atoms with Gasteiger partial charge in [-0.25, -0.2) is 0 Å². The molecule has 1 aromatic rings. The van der Waals surface area contributed by atoms with E-state index in [1.54, 1.807) is 6.92 Å². The van der Waals surface area contributed by atoms with Crippen molar-refractivity contribution in [3.05, 3.63) is 35.9 Å². The second-order valence-electron chi connectivity index (χ2n) is 7.96. The number of likely N-dealkylation sites (tertiary alicyclic amines) is 1. The van der Waals surface area contributed by atoms with Crippen LogP contribution in [0.3, 0.4) is 0 Å². The van der Waals surface area contributed by atoms with Crippen LogP contribution in [0.15, 0.2) is 30.3 Å². The topological polar surface area (TPSA) is 64.0 Å². The molecule has 0 aromatic heterocycles. The Morgan fingerprint density at radius 3 is 2.07 bits per heavy atom. The fraction of sp³-hybridized carbons (Fsp3) is 0.682. The van der Waals surface area contributed by atoms with Crippen molar-refractivity contribution in [2.24, 2.45) is 5.41 Å². The SMILES string of the molecule is CCC(=O)O.CCN(CC)CC1(C)CN(C)C(C)CC1(O)c1ccccc1.Cl.Cl. The monoisotopic (exact) mass is 450 g/mol. The molecule has 1 aromatic carbocycles. The number of piperidine rings is 1. The number of aliphatic hydroxyl groups is 1. The molecule has 0 saturated carbocycles. The van der Waals surface area contributed by atoms with E-state index in [2.05, 4.69) is 56.7 Å². The Balaban J connectivity index is 0. The second kappa shape index (κ2) is 13.5. The summed E-state index contributed by atoms with van der Waals surface area (Å²) >= 11 is 0. The minimum Gasteiger partial charge on any atom is -0.481 e. The van der Waals surface area contributed by atoms with Gasteiger partial charge < -0.3 is 20.0 Å². The molecule has 3 unspecified atom stereocenters. The quantitative estimate of drug-likeness (QED) is 0.676. The summed E-state index contributed by atoms with van der Waals surface area (Å²) < 4.78 is 0. The van der Waals surface area contributed by atoms with E-state index in [9.17, 15) is 9.90 Å². The molecule has 0 spiro atoms. The predicted octanol–water partition coefficient (Wildman–Crippen LogP) is 4.27. The largest absolute Gasteiger partial charge is 0.481 e. The van der Waals surface area contributed by atoms with Crippen molar-refractivity contribution < 1.29 is 15.0 Å². The van der Waals surface area contributed by atoms with Crippen LogP contribution < -0.4 is 0 Å². The molecule has 0 amide bonds. The van der Waals surface area contributed by atoms with Gasteiger partial charge in [-0.3, -0.25) is 4.79 Å². The van der Waals surface area contributed by atoms with E-state index in [1.807, 2.05) is 18.2 Å². The summed E-state index contributed by atoms with van der Waals surface area (Å²) in [5.74, 6) is -0.745. The van der Waals surface area contributed by atoms with Crippen molar-refractivity contribution in [2.45, 2.75) is 59.1 Å². The number of rotatable bonds is 6. The van der Waals surface area contributed by atoms with E-state index in [0.29, 0.717) is 6.04 Å². The Labute approximate surface area is 189 Å². The highest BCUT2D eigenvalue weighted by atomic mass is 35.5. The van der Waals surface area contributed by atoms with Crippen LogP contribution in [0, 0.1) is 5.41 Å². The molecule has 0 radical (unpaired) electrons. The smallest absolute Gasteiger partial charge is 0.303 e. The van der Waals surface area contributed by atoms with E-state index in [-0.39, 0.29) is 36.6 Å². The summed E-state index contributed by atoms with van der Waals surface area (Å²) in [6.45, 7) is 14.3. The van der Waals surface area contributed by atoms with Crippen LogP contribution in [-0.4, -0.2) is 65.3 Å². The average Bonchev–Trinajstić information content (AvgIpc) is 2.66. The van der Waals surface area contributed by atoms with E-state index < -0.39 is 11.6 Å².